The molecule has 0 N–H and O–H groups in total. The van der Waals surface area contributed by atoms with Gasteiger partial charge in [-0.25, -0.2) is 0 Å². The molecule has 8 heteroatoms. The average molecular weight is 348 g/mol. The van der Waals surface area contributed by atoms with Gasteiger partial charge in [-0.2, -0.15) is 4.98 Å². The fraction of sp³-hybridized carbons (Fsp3) is 0.312. The van der Waals surface area contributed by atoms with Crippen LogP contribution in [0.2, 0.25) is 5.02 Å². The summed E-state index contributed by atoms with van der Waals surface area (Å²) < 4.78 is 21.4. The molecule has 1 aliphatic heterocycles. The molecule has 3 heterocycles. The maximum absolute atomic E-state index is 6.24. The minimum absolute atomic E-state index is 0.437. The van der Waals surface area contributed by atoms with Crippen molar-refractivity contribution in [1.29, 1.82) is 0 Å². The summed E-state index contributed by atoms with van der Waals surface area (Å²) in [6, 6.07) is 5.55. The number of fused-ring (bicyclic) bond motifs is 1. The van der Waals surface area contributed by atoms with E-state index in [9.17, 15) is 0 Å². The van der Waals surface area contributed by atoms with Crippen LogP contribution in [-0.4, -0.2) is 28.5 Å². The molecule has 3 aromatic rings. The van der Waals surface area contributed by atoms with Crippen LogP contribution in [0, 0.1) is 6.92 Å². The van der Waals surface area contributed by atoms with Gasteiger partial charge in [-0.1, -0.05) is 21.9 Å². The summed E-state index contributed by atoms with van der Waals surface area (Å²) in [5, 5.41) is 8.43. The molecule has 0 fully saturated rings. The highest BCUT2D eigenvalue weighted by molar-refractivity contribution is 6.32. The van der Waals surface area contributed by atoms with E-state index in [1.807, 2.05) is 25.1 Å². The normalized spacial score (nSPS) is 13.2. The van der Waals surface area contributed by atoms with Gasteiger partial charge in [-0.05, 0) is 24.6 Å². The van der Waals surface area contributed by atoms with Gasteiger partial charge in [0.15, 0.2) is 17.3 Å². The maximum Gasteiger partial charge on any atom is 0.232 e. The Balaban J connectivity index is 1.50. The van der Waals surface area contributed by atoms with Crippen LogP contribution in [0.5, 0.6) is 11.5 Å². The van der Waals surface area contributed by atoms with Crippen molar-refractivity contribution in [3.63, 3.8) is 0 Å². The van der Waals surface area contributed by atoms with E-state index in [1.165, 1.54) is 0 Å². The Labute approximate surface area is 142 Å². The second-order valence-electron chi connectivity index (χ2n) is 5.49. The summed E-state index contributed by atoms with van der Waals surface area (Å²) in [7, 11) is 0. The van der Waals surface area contributed by atoms with Crippen LogP contribution in [0.15, 0.2) is 27.2 Å². The van der Waals surface area contributed by atoms with Gasteiger partial charge in [0.05, 0.1) is 17.1 Å². The molecule has 0 radical (unpaired) electrons. The third-order valence-electron chi connectivity index (χ3n) is 3.54. The first kappa shape index (κ1) is 15.0. The lowest BCUT2D eigenvalue weighted by molar-refractivity contribution is 0.171. The molecule has 0 spiro atoms. The van der Waals surface area contributed by atoms with E-state index in [2.05, 4.69) is 15.3 Å². The molecule has 0 saturated heterocycles. The predicted molar refractivity (Wildman–Crippen MR) is 83.6 cm³/mol. The third kappa shape index (κ3) is 3.07. The van der Waals surface area contributed by atoms with Gasteiger partial charge in [0.1, 0.15) is 19.0 Å². The number of halogens is 1. The molecule has 0 atom stereocenters. The number of hydrogen-bond acceptors (Lipinski definition) is 7. The number of nitrogens with zero attached hydrogens (tertiary/aromatic N) is 3. The largest absolute Gasteiger partial charge is 0.486 e. The smallest absolute Gasteiger partial charge is 0.232 e. The fourth-order valence-corrected chi connectivity index (χ4v) is 2.83. The van der Waals surface area contributed by atoms with Gasteiger partial charge in [0.2, 0.25) is 5.89 Å². The quantitative estimate of drug-likeness (QED) is 0.717. The Kier molecular flexibility index (Phi) is 3.86. The standard InChI is InChI=1S/C16H14ClN3O4/c1-9-4-11(19-23-9)8-15-18-14(20-24-15)7-10-5-12(17)16-13(6-10)21-2-3-22-16/h4-6H,2-3,7-8H2,1H3. The summed E-state index contributed by atoms with van der Waals surface area (Å²) in [6.07, 6.45) is 0.921. The van der Waals surface area contributed by atoms with Gasteiger partial charge in [-0.15, -0.1) is 0 Å². The van der Waals surface area contributed by atoms with Crippen molar-refractivity contribution >= 4 is 11.6 Å². The number of rotatable bonds is 4. The highest BCUT2D eigenvalue weighted by Crippen LogP contribution is 2.38. The van der Waals surface area contributed by atoms with Crippen LogP contribution in [0.3, 0.4) is 0 Å². The zero-order valence-electron chi connectivity index (χ0n) is 12.9. The lowest BCUT2D eigenvalue weighted by Gasteiger charge is -2.20. The van der Waals surface area contributed by atoms with Gasteiger partial charge >= 0.3 is 0 Å². The Morgan fingerprint density at radius 1 is 1.04 bits per heavy atom. The van der Waals surface area contributed by atoms with Crippen LogP contribution < -0.4 is 9.47 Å². The molecule has 2 aromatic heterocycles. The number of aromatic nitrogens is 3. The Morgan fingerprint density at radius 2 is 1.92 bits per heavy atom. The van der Waals surface area contributed by atoms with Crippen LogP contribution >= 0.6 is 11.6 Å². The highest BCUT2D eigenvalue weighted by atomic mass is 35.5. The lowest BCUT2D eigenvalue weighted by Crippen LogP contribution is -2.15. The predicted octanol–water partition coefficient (Wildman–Crippen LogP) is 2.97. The van der Waals surface area contributed by atoms with Crippen molar-refractivity contribution in [3.05, 3.63) is 52.0 Å². The molecule has 7 nitrogen and oxygen atoms in total. The summed E-state index contributed by atoms with van der Waals surface area (Å²) in [5.74, 6) is 3.03. The van der Waals surface area contributed by atoms with Crippen molar-refractivity contribution in [2.75, 3.05) is 13.2 Å². The Morgan fingerprint density at radius 3 is 2.75 bits per heavy atom. The topological polar surface area (TPSA) is 83.4 Å². The highest BCUT2D eigenvalue weighted by Gasteiger charge is 2.18. The fourth-order valence-electron chi connectivity index (χ4n) is 2.54. The van der Waals surface area contributed by atoms with Crippen LogP contribution in [0.4, 0.5) is 0 Å². The Bertz CT molecular complexity index is 874. The average Bonchev–Trinajstić information content (AvgIpc) is 3.17. The zero-order valence-corrected chi connectivity index (χ0v) is 13.7. The second-order valence-corrected chi connectivity index (χ2v) is 5.90. The zero-order chi connectivity index (χ0) is 16.5. The summed E-state index contributed by atoms with van der Waals surface area (Å²) in [5.41, 5.74) is 1.68. The molecule has 24 heavy (non-hydrogen) atoms. The molecular weight excluding hydrogens is 334 g/mol. The number of ether oxygens (including phenoxy) is 2. The summed E-state index contributed by atoms with van der Waals surface area (Å²) in [4.78, 5) is 4.38. The molecule has 0 bridgehead atoms. The molecular formula is C16H14ClN3O4. The van der Waals surface area contributed by atoms with Crippen LogP contribution in [-0.2, 0) is 12.8 Å². The molecule has 0 unspecified atom stereocenters. The number of benzene rings is 1. The van der Waals surface area contributed by atoms with E-state index < -0.39 is 0 Å². The summed E-state index contributed by atoms with van der Waals surface area (Å²) >= 11 is 6.24. The van der Waals surface area contributed by atoms with Crippen molar-refractivity contribution in [1.82, 2.24) is 15.3 Å². The molecule has 1 aromatic carbocycles. The second kappa shape index (κ2) is 6.16. The monoisotopic (exact) mass is 347 g/mol. The molecule has 0 amide bonds. The van der Waals surface area contributed by atoms with Gasteiger partial charge in [0.25, 0.3) is 0 Å². The minimum Gasteiger partial charge on any atom is -0.486 e. The minimum atomic E-state index is 0.437. The van der Waals surface area contributed by atoms with E-state index in [4.69, 9.17) is 30.1 Å². The van der Waals surface area contributed by atoms with Gasteiger partial charge in [-0.3, -0.25) is 0 Å². The van der Waals surface area contributed by atoms with Crippen molar-refractivity contribution in [3.8, 4) is 11.5 Å². The summed E-state index contributed by atoms with van der Waals surface area (Å²) in [6.45, 7) is 2.85. The maximum atomic E-state index is 6.24. The first-order valence-electron chi connectivity index (χ1n) is 7.49. The van der Waals surface area contributed by atoms with Crippen LogP contribution in [0.1, 0.15) is 28.7 Å². The van der Waals surface area contributed by atoms with Crippen molar-refractivity contribution in [2.45, 2.75) is 19.8 Å². The number of hydrogen-bond donors (Lipinski definition) is 0. The molecule has 4 rings (SSSR count). The van der Waals surface area contributed by atoms with Crippen LogP contribution in [0.25, 0.3) is 0 Å². The first-order chi connectivity index (χ1) is 11.7. The number of aryl methyl sites for hydroxylation is 1. The lowest BCUT2D eigenvalue weighted by atomic mass is 10.1. The molecule has 0 saturated carbocycles. The van der Waals surface area contributed by atoms with Gasteiger partial charge in [0, 0.05) is 12.5 Å². The first-order valence-corrected chi connectivity index (χ1v) is 7.87. The van der Waals surface area contributed by atoms with Crippen molar-refractivity contribution in [2.24, 2.45) is 0 Å². The SMILES string of the molecule is Cc1cc(Cc2nc(Cc3cc(Cl)c4c(c3)OCCO4)no2)no1. The molecule has 0 aliphatic carbocycles. The van der Waals surface area contributed by atoms with Crippen molar-refractivity contribution < 1.29 is 18.5 Å². The van der Waals surface area contributed by atoms with E-state index in [0.717, 1.165) is 17.0 Å². The molecule has 124 valence electrons. The van der Waals surface area contributed by atoms with E-state index in [-0.39, 0.29) is 0 Å². The van der Waals surface area contributed by atoms with E-state index >= 15 is 0 Å². The molecule has 1 aliphatic rings. The van der Waals surface area contributed by atoms with E-state index in [1.54, 1.807) is 0 Å². The third-order valence-corrected chi connectivity index (χ3v) is 3.82. The van der Waals surface area contributed by atoms with E-state index in [0.29, 0.717) is 54.3 Å². The van der Waals surface area contributed by atoms with Gasteiger partial charge < -0.3 is 18.5 Å². The Hall–Kier alpha value is -2.54.